The molecule has 0 aliphatic carbocycles. The number of hydrogen-bond acceptors (Lipinski definition) is 5. The van der Waals surface area contributed by atoms with E-state index in [0.29, 0.717) is 17.8 Å². The molecule has 0 bridgehead atoms. The number of carboxylic acid groups (broad SMARTS) is 1. The highest BCUT2D eigenvalue weighted by Crippen LogP contribution is 2.18. The maximum atomic E-state index is 11.3. The van der Waals surface area contributed by atoms with Crippen LogP contribution in [-0.4, -0.2) is 27.7 Å². The Hall–Kier alpha value is -2.93. The van der Waals surface area contributed by atoms with Crippen LogP contribution < -0.4 is 5.32 Å². The molecule has 3 N–H and O–H groups in total. The number of anilines is 1. The lowest BCUT2D eigenvalue weighted by Gasteiger charge is -2.10. The Morgan fingerprint density at radius 3 is 2.43 bits per heavy atom. The van der Waals surface area contributed by atoms with Gasteiger partial charge in [0, 0.05) is 31.0 Å². The summed E-state index contributed by atoms with van der Waals surface area (Å²) in [6, 6.07) is 11.0. The van der Waals surface area contributed by atoms with Crippen molar-refractivity contribution in [3.63, 3.8) is 0 Å². The summed E-state index contributed by atoms with van der Waals surface area (Å²) < 4.78 is 0. The quantitative estimate of drug-likeness (QED) is 0.534. The van der Waals surface area contributed by atoms with Gasteiger partial charge in [-0.2, -0.15) is 0 Å². The molecule has 0 saturated heterocycles. The predicted octanol–water partition coefficient (Wildman–Crippen LogP) is 2.44. The number of nitro groups is 1. The lowest BCUT2D eigenvalue weighted by molar-refractivity contribution is -0.384. The number of carbonyl (C=O) groups is 1. The molecule has 0 saturated carbocycles. The SMILES string of the molecule is O=C(O)c1cc(NCc2ccc([N+](=O)[O-])cc2)ccc1CCO. The average molecular weight is 316 g/mol. The Labute approximate surface area is 132 Å². The van der Waals surface area contributed by atoms with E-state index in [0.717, 1.165) is 5.56 Å². The number of nitrogens with one attached hydrogen (secondary N) is 1. The third kappa shape index (κ3) is 4.27. The van der Waals surface area contributed by atoms with E-state index in [9.17, 15) is 20.0 Å². The molecule has 7 nitrogen and oxygen atoms in total. The number of non-ortho nitro benzene ring substituents is 1. The molecule has 7 heteroatoms. The molecule has 120 valence electrons. The van der Waals surface area contributed by atoms with E-state index in [-0.39, 0.29) is 24.3 Å². The Morgan fingerprint density at radius 2 is 1.87 bits per heavy atom. The van der Waals surface area contributed by atoms with Gasteiger partial charge in [-0.05, 0) is 29.7 Å². The van der Waals surface area contributed by atoms with Crippen molar-refractivity contribution in [3.8, 4) is 0 Å². The summed E-state index contributed by atoms with van der Waals surface area (Å²) in [6.07, 6.45) is 0.282. The van der Waals surface area contributed by atoms with E-state index < -0.39 is 10.9 Å². The number of rotatable bonds is 7. The maximum absolute atomic E-state index is 11.3. The van der Waals surface area contributed by atoms with Crippen molar-refractivity contribution < 1.29 is 19.9 Å². The molecular formula is C16H16N2O5. The highest BCUT2D eigenvalue weighted by molar-refractivity contribution is 5.90. The van der Waals surface area contributed by atoms with Crippen molar-refractivity contribution in [1.29, 1.82) is 0 Å². The summed E-state index contributed by atoms with van der Waals surface area (Å²) in [6.45, 7) is 0.298. The van der Waals surface area contributed by atoms with Crippen molar-refractivity contribution in [3.05, 3.63) is 69.3 Å². The molecule has 2 aromatic carbocycles. The summed E-state index contributed by atoms with van der Waals surface area (Å²) in [4.78, 5) is 21.4. The van der Waals surface area contributed by atoms with Gasteiger partial charge < -0.3 is 15.5 Å². The zero-order valence-electron chi connectivity index (χ0n) is 12.2. The fraction of sp³-hybridized carbons (Fsp3) is 0.188. The summed E-state index contributed by atoms with van der Waals surface area (Å²) in [5.41, 5.74) is 2.21. The minimum Gasteiger partial charge on any atom is -0.478 e. The number of nitro benzene ring substituents is 1. The molecule has 0 aromatic heterocycles. The molecule has 0 spiro atoms. The Morgan fingerprint density at radius 1 is 1.17 bits per heavy atom. The van der Waals surface area contributed by atoms with Crippen LogP contribution in [0.4, 0.5) is 11.4 Å². The molecule has 0 aliphatic rings. The first-order chi connectivity index (χ1) is 11.0. The van der Waals surface area contributed by atoms with Gasteiger partial charge >= 0.3 is 5.97 Å². The molecule has 2 rings (SSSR count). The molecule has 0 unspecified atom stereocenters. The Kier molecular flexibility index (Phi) is 5.27. The van der Waals surface area contributed by atoms with E-state index in [1.807, 2.05) is 0 Å². The lowest BCUT2D eigenvalue weighted by atomic mass is 10.0. The van der Waals surface area contributed by atoms with Crippen LogP contribution >= 0.6 is 0 Å². The van der Waals surface area contributed by atoms with Crippen LogP contribution in [0.15, 0.2) is 42.5 Å². The molecule has 0 aliphatic heterocycles. The highest BCUT2D eigenvalue weighted by atomic mass is 16.6. The van der Waals surface area contributed by atoms with Crippen LogP contribution in [0.3, 0.4) is 0 Å². The number of aliphatic hydroxyl groups is 1. The van der Waals surface area contributed by atoms with Gasteiger partial charge in [-0.15, -0.1) is 0 Å². The fourth-order valence-corrected chi connectivity index (χ4v) is 2.16. The molecular weight excluding hydrogens is 300 g/mol. The summed E-state index contributed by atoms with van der Waals surface area (Å²) in [5, 5.41) is 31.8. The fourth-order valence-electron chi connectivity index (χ4n) is 2.16. The molecule has 0 radical (unpaired) electrons. The van der Waals surface area contributed by atoms with Crippen LogP contribution in [0.1, 0.15) is 21.5 Å². The molecule has 23 heavy (non-hydrogen) atoms. The monoisotopic (exact) mass is 316 g/mol. The minimum absolute atomic E-state index is 0.0234. The lowest BCUT2D eigenvalue weighted by Crippen LogP contribution is -2.07. The van der Waals surface area contributed by atoms with Crippen molar-refractivity contribution in [2.24, 2.45) is 0 Å². The van der Waals surface area contributed by atoms with Crippen molar-refractivity contribution >= 4 is 17.3 Å². The topological polar surface area (TPSA) is 113 Å². The average Bonchev–Trinajstić information content (AvgIpc) is 2.54. The summed E-state index contributed by atoms with van der Waals surface area (Å²) >= 11 is 0. The first-order valence-electron chi connectivity index (χ1n) is 6.95. The van der Waals surface area contributed by atoms with Crippen molar-refractivity contribution in [2.75, 3.05) is 11.9 Å². The van der Waals surface area contributed by atoms with Crippen molar-refractivity contribution in [1.82, 2.24) is 0 Å². The second-order valence-electron chi connectivity index (χ2n) is 4.93. The van der Waals surface area contributed by atoms with E-state index in [1.165, 1.54) is 18.2 Å². The highest BCUT2D eigenvalue weighted by Gasteiger charge is 2.11. The van der Waals surface area contributed by atoms with Gasteiger partial charge in [0.2, 0.25) is 0 Å². The zero-order valence-corrected chi connectivity index (χ0v) is 12.2. The van der Waals surface area contributed by atoms with Crippen LogP contribution in [0.2, 0.25) is 0 Å². The third-order valence-corrected chi connectivity index (χ3v) is 3.37. The number of benzene rings is 2. The number of carboxylic acids is 1. The van der Waals surface area contributed by atoms with Crippen LogP contribution in [-0.2, 0) is 13.0 Å². The van der Waals surface area contributed by atoms with Gasteiger partial charge in [0.25, 0.3) is 5.69 Å². The number of aromatic carboxylic acids is 1. The first kappa shape index (κ1) is 16.4. The van der Waals surface area contributed by atoms with Gasteiger partial charge in [0.05, 0.1) is 10.5 Å². The van der Waals surface area contributed by atoms with Gasteiger partial charge in [0.15, 0.2) is 0 Å². The van der Waals surface area contributed by atoms with Crippen molar-refractivity contribution in [2.45, 2.75) is 13.0 Å². The van der Waals surface area contributed by atoms with E-state index in [1.54, 1.807) is 24.3 Å². The van der Waals surface area contributed by atoms with E-state index >= 15 is 0 Å². The second-order valence-corrected chi connectivity index (χ2v) is 4.93. The molecule has 0 fully saturated rings. The zero-order chi connectivity index (χ0) is 16.8. The normalized spacial score (nSPS) is 10.3. The summed E-state index contributed by atoms with van der Waals surface area (Å²) in [5.74, 6) is -1.05. The standard InChI is InChI=1S/C16H16N2O5/c19-8-7-12-3-4-13(9-15(12)16(20)21)17-10-11-1-5-14(6-2-11)18(22)23/h1-6,9,17,19H,7-8,10H2,(H,20,21). The van der Waals surface area contributed by atoms with Crippen LogP contribution in [0, 0.1) is 10.1 Å². The smallest absolute Gasteiger partial charge is 0.336 e. The maximum Gasteiger partial charge on any atom is 0.336 e. The largest absolute Gasteiger partial charge is 0.478 e. The van der Waals surface area contributed by atoms with E-state index in [2.05, 4.69) is 5.32 Å². The first-order valence-corrected chi connectivity index (χ1v) is 6.95. The predicted molar refractivity (Wildman–Crippen MR) is 84.6 cm³/mol. The number of nitrogens with zero attached hydrogens (tertiary/aromatic N) is 1. The van der Waals surface area contributed by atoms with E-state index in [4.69, 9.17) is 5.11 Å². The summed E-state index contributed by atoms with van der Waals surface area (Å²) in [7, 11) is 0. The minimum atomic E-state index is -1.05. The number of hydrogen-bond donors (Lipinski definition) is 3. The molecule has 0 atom stereocenters. The second kappa shape index (κ2) is 7.37. The molecule has 0 heterocycles. The third-order valence-electron chi connectivity index (χ3n) is 3.37. The van der Waals surface area contributed by atoms with Gasteiger partial charge in [-0.25, -0.2) is 4.79 Å². The van der Waals surface area contributed by atoms with Gasteiger partial charge in [-0.1, -0.05) is 18.2 Å². The Bertz CT molecular complexity index is 713. The molecule has 0 amide bonds. The van der Waals surface area contributed by atoms with Crippen LogP contribution in [0.5, 0.6) is 0 Å². The number of aliphatic hydroxyl groups excluding tert-OH is 1. The molecule has 2 aromatic rings. The van der Waals surface area contributed by atoms with Gasteiger partial charge in [0.1, 0.15) is 0 Å². The van der Waals surface area contributed by atoms with Crippen LogP contribution in [0.25, 0.3) is 0 Å². The Balaban J connectivity index is 2.09. The van der Waals surface area contributed by atoms with Gasteiger partial charge in [-0.3, -0.25) is 10.1 Å².